The van der Waals surface area contributed by atoms with Crippen LogP contribution in [0.4, 0.5) is 0 Å². The topological polar surface area (TPSA) is 80.1 Å². The second-order valence-electron chi connectivity index (χ2n) is 6.11. The molecule has 7 nitrogen and oxygen atoms in total. The highest BCUT2D eigenvalue weighted by Gasteiger charge is 2.36. The van der Waals surface area contributed by atoms with Crippen LogP contribution in [0.2, 0.25) is 0 Å². The van der Waals surface area contributed by atoms with E-state index >= 15 is 0 Å². The highest BCUT2D eigenvalue weighted by molar-refractivity contribution is 7.90. The summed E-state index contributed by atoms with van der Waals surface area (Å²) in [5.41, 5.74) is 1.11. The first-order valence-electron chi connectivity index (χ1n) is 7.73. The first kappa shape index (κ1) is 15.3. The minimum absolute atomic E-state index is 0.0160. The van der Waals surface area contributed by atoms with Gasteiger partial charge in [0.25, 0.3) is 0 Å². The Morgan fingerprint density at radius 1 is 1.35 bits per heavy atom. The van der Waals surface area contributed by atoms with Crippen LogP contribution in [-0.2, 0) is 23.1 Å². The Bertz CT molecular complexity index is 767. The van der Waals surface area contributed by atoms with E-state index in [-0.39, 0.29) is 11.3 Å². The number of aromatic nitrogens is 3. The van der Waals surface area contributed by atoms with Crippen molar-refractivity contribution in [2.75, 3.05) is 13.1 Å². The number of hydrogen-bond donors (Lipinski definition) is 1. The smallest absolute Gasteiger partial charge is 0.214 e. The summed E-state index contributed by atoms with van der Waals surface area (Å²) >= 11 is 1.64. The Balaban J connectivity index is 1.47. The Hall–Kier alpha value is -1.29. The lowest BCUT2D eigenvalue weighted by atomic mass is 10.2. The van der Waals surface area contributed by atoms with Crippen molar-refractivity contribution in [2.45, 2.75) is 37.2 Å². The molecule has 1 aliphatic carbocycles. The molecule has 3 heterocycles. The fraction of sp³-hybridized carbons (Fsp3) is 0.571. The highest BCUT2D eigenvalue weighted by Crippen LogP contribution is 2.28. The van der Waals surface area contributed by atoms with Crippen molar-refractivity contribution < 1.29 is 8.42 Å². The van der Waals surface area contributed by atoms with Crippen LogP contribution in [0.3, 0.4) is 0 Å². The SMILES string of the molecule is O=S(=O)(NC[C@@H]1CN(Cc2nccs2)Cc2ccnn21)C1CC1. The largest absolute Gasteiger partial charge is 0.289 e. The maximum atomic E-state index is 12.1. The molecular formula is C14H19N5O2S2. The second-order valence-corrected chi connectivity index (χ2v) is 9.13. The van der Waals surface area contributed by atoms with Crippen LogP contribution < -0.4 is 4.72 Å². The lowest BCUT2D eigenvalue weighted by Gasteiger charge is -2.33. The standard InChI is InChI=1S/C14H19N5O2S2/c20-23(21,13-1-2-13)17-7-12-9-18(10-14-15-5-6-22-14)8-11-3-4-16-19(11)12/h3-6,12-13,17H,1-2,7-10H2/t12-/m1/s1. The highest BCUT2D eigenvalue weighted by atomic mass is 32.2. The van der Waals surface area contributed by atoms with Gasteiger partial charge in [-0.25, -0.2) is 18.1 Å². The molecule has 0 bridgehead atoms. The van der Waals surface area contributed by atoms with Gasteiger partial charge in [0.1, 0.15) is 5.01 Å². The van der Waals surface area contributed by atoms with Gasteiger partial charge in [-0.2, -0.15) is 5.10 Å². The lowest BCUT2D eigenvalue weighted by Crippen LogP contribution is -2.43. The number of sulfonamides is 1. The van der Waals surface area contributed by atoms with E-state index in [0.717, 1.165) is 43.2 Å². The first-order chi connectivity index (χ1) is 11.1. The van der Waals surface area contributed by atoms with E-state index in [9.17, 15) is 8.42 Å². The second kappa shape index (κ2) is 5.97. The molecular weight excluding hydrogens is 334 g/mol. The van der Waals surface area contributed by atoms with Gasteiger partial charge >= 0.3 is 0 Å². The molecule has 124 valence electrons. The van der Waals surface area contributed by atoms with E-state index < -0.39 is 10.0 Å². The minimum Gasteiger partial charge on any atom is -0.289 e. The van der Waals surface area contributed by atoms with Gasteiger partial charge in [0.15, 0.2) is 0 Å². The fourth-order valence-electron chi connectivity index (χ4n) is 2.97. The molecule has 4 rings (SSSR count). The van der Waals surface area contributed by atoms with Crippen molar-refractivity contribution >= 4 is 21.4 Å². The number of nitrogens with one attached hydrogen (secondary N) is 1. The maximum Gasteiger partial charge on any atom is 0.214 e. The minimum atomic E-state index is -3.16. The molecule has 0 saturated heterocycles. The van der Waals surface area contributed by atoms with Gasteiger partial charge in [-0.15, -0.1) is 11.3 Å². The van der Waals surface area contributed by atoms with Crippen LogP contribution in [0.1, 0.15) is 29.6 Å². The molecule has 1 saturated carbocycles. The third-order valence-electron chi connectivity index (χ3n) is 4.28. The molecule has 0 spiro atoms. The Kier molecular flexibility index (Phi) is 3.96. The third kappa shape index (κ3) is 3.32. The molecule has 2 aliphatic rings. The predicted molar refractivity (Wildman–Crippen MR) is 87.4 cm³/mol. The van der Waals surface area contributed by atoms with Crippen molar-refractivity contribution in [3.8, 4) is 0 Å². The summed E-state index contributed by atoms with van der Waals surface area (Å²) < 4.78 is 28.8. The van der Waals surface area contributed by atoms with Crippen LogP contribution in [0.15, 0.2) is 23.8 Å². The maximum absolute atomic E-state index is 12.1. The molecule has 0 radical (unpaired) electrons. The molecule has 1 aliphatic heterocycles. The average Bonchev–Trinajstić information content (AvgIpc) is 3.08. The van der Waals surface area contributed by atoms with Crippen LogP contribution in [0.5, 0.6) is 0 Å². The van der Waals surface area contributed by atoms with Gasteiger partial charge in [-0.05, 0) is 18.9 Å². The summed E-state index contributed by atoms with van der Waals surface area (Å²) in [5.74, 6) is 0. The molecule has 2 aromatic rings. The van der Waals surface area contributed by atoms with Crippen LogP contribution in [0, 0.1) is 0 Å². The van der Waals surface area contributed by atoms with Gasteiger partial charge in [0.2, 0.25) is 10.0 Å². The van der Waals surface area contributed by atoms with Crippen molar-refractivity contribution in [3.63, 3.8) is 0 Å². The van der Waals surface area contributed by atoms with E-state index in [1.54, 1.807) is 17.5 Å². The monoisotopic (exact) mass is 353 g/mol. The first-order valence-corrected chi connectivity index (χ1v) is 10.2. The van der Waals surface area contributed by atoms with Crippen molar-refractivity contribution in [2.24, 2.45) is 0 Å². The van der Waals surface area contributed by atoms with E-state index in [4.69, 9.17) is 0 Å². The van der Waals surface area contributed by atoms with Gasteiger partial charge < -0.3 is 0 Å². The van der Waals surface area contributed by atoms with Crippen LogP contribution >= 0.6 is 11.3 Å². The zero-order chi connectivity index (χ0) is 15.9. The molecule has 23 heavy (non-hydrogen) atoms. The van der Waals surface area contributed by atoms with Crippen molar-refractivity contribution in [3.05, 3.63) is 34.5 Å². The lowest BCUT2D eigenvalue weighted by molar-refractivity contribution is 0.168. The molecule has 0 aromatic carbocycles. The Labute approximate surface area is 139 Å². The van der Waals surface area contributed by atoms with Crippen LogP contribution in [-0.4, -0.2) is 46.4 Å². The van der Waals surface area contributed by atoms with Gasteiger partial charge in [0.05, 0.1) is 23.5 Å². The van der Waals surface area contributed by atoms with E-state index in [2.05, 4.69) is 19.7 Å². The summed E-state index contributed by atoms with van der Waals surface area (Å²) in [4.78, 5) is 6.64. The zero-order valence-electron chi connectivity index (χ0n) is 12.6. The van der Waals surface area contributed by atoms with E-state index in [0.29, 0.717) is 6.54 Å². The summed E-state index contributed by atoms with van der Waals surface area (Å²) in [6.45, 7) is 2.75. The average molecular weight is 353 g/mol. The molecule has 2 aromatic heterocycles. The molecule has 9 heteroatoms. The third-order valence-corrected chi connectivity index (χ3v) is 6.96. The number of thiazole rings is 1. The zero-order valence-corrected chi connectivity index (χ0v) is 14.3. The predicted octanol–water partition coefficient (Wildman–Crippen LogP) is 0.978. The Morgan fingerprint density at radius 2 is 2.22 bits per heavy atom. The van der Waals surface area contributed by atoms with E-state index in [1.807, 2.05) is 22.3 Å². The van der Waals surface area contributed by atoms with Crippen LogP contribution in [0.25, 0.3) is 0 Å². The van der Waals surface area contributed by atoms with Gasteiger partial charge in [0, 0.05) is 37.4 Å². The van der Waals surface area contributed by atoms with Crippen molar-refractivity contribution in [1.82, 2.24) is 24.4 Å². The fourth-order valence-corrected chi connectivity index (χ4v) is 5.04. The summed E-state index contributed by atoms with van der Waals surface area (Å²) in [5, 5.41) is 7.24. The molecule has 1 fully saturated rings. The number of hydrogen-bond acceptors (Lipinski definition) is 6. The molecule has 1 N–H and O–H groups in total. The summed E-state index contributed by atoms with van der Waals surface area (Å²) in [6, 6.07) is 2.01. The Morgan fingerprint density at radius 3 is 2.96 bits per heavy atom. The molecule has 0 amide bonds. The van der Waals surface area contributed by atoms with Crippen molar-refractivity contribution in [1.29, 1.82) is 0 Å². The van der Waals surface area contributed by atoms with Gasteiger partial charge in [-0.1, -0.05) is 0 Å². The normalized spacial score (nSPS) is 22.2. The summed E-state index contributed by atoms with van der Waals surface area (Å²) in [7, 11) is -3.16. The number of rotatable bonds is 6. The summed E-state index contributed by atoms with van der Waals surface area (Å²) in [6.07, 6.45) is 5.16. The quantitative estimate of drug-likeness (QED) is 0.837. The number of nitrogens with zero attached hydrogens (tertiary/aromatic N) is 4. The van der Waals surface area contributed by atoms with E-state index in [1.165, 1.54) is 0 Å². The molecule has 1 atom stereocenters. The molecule has 0 unspecified atom stereocenters. The van der Waals surface area contributed by atoms with Gasteiger partial charge in [-0.3, -0.25) is 9.58 Å². The number of fused-ring (bicyclic) bond motifs is 1.